The molecule has 0 atom stereocenters. The van der Waals surface area contributed by atoms with Crippen molar-refractivity contribution in [2.75, 3.05) is 11.9 Å². The second kappa shape index (κ2) is 6.08. The maximum atomic E-state index is 12.7. The zero-order valence-electron chi connectivity index (χ0n) is 12.1. The molecule has 23 heavy (non-hydrogen) atoms. The highest BCUT2D eigenvalue weighted by atomic mass is 32.1. The fourth-order valence-corrected chi connectivity index (χ4v) is 3.00. The van der Waals surface area contributed by atoms with Gasteiger partial charge >= 0.3 is 6.18 Å². The van der Waals surface area contributed by atoms with Gasteiger partial charge < -0.3 is 10.1 Å². The van der Waals surface area contributed by atoms with Gasteiger partial charge in [-0.1, -0.05) is 11.3 Å². The van der Waals surface area contributed by atoms with Gasteiger partial charge in [-0.3, -0.25) is 0 Å². The van der Waals surface area contributed by atoms with Gasteiger partial charge in [-0.15, -0.1) is 0 Å². The first-order valence-electron chi connectivity index (χ1n) is 6.93. The van der Waals surface area contributed by atoms with Crippen LogP contribution in [0.3, 0.4) is 0 Å². The summed E-state index contributed by atoms with van der Waals surface area (Å²) >= 11 is 1.18. The lowest BCUT2D eigenvalue weighted by atomic mass is 10.2. The third-order valence-electron chi connectivity index (χ3n) is 3.13. The Morgan fingerprint density at radius 2 is 1.87 bits per heavy atom. The molecule has 0 amide bonds. The molecule has 3 aromatic rings. The molecule has 1 aromatic heterocycles. The van der Waals surface area contributed by atoms with Crippen molar-refractivity contribution in [3.63, 3.8) is 0 Å². The number of halogens is 3. The molecule has 3 nitrogen and oxygen atoms in total. The number of ether oxygens (including phenoxy) is 1. The number of thiazole rings is 1. The Hall–Kier alpha value is -2.28. The number of rotatable bonds is 4. The number of benzene rings is 2. The van der Waals surface area contributed by atoms with Crippen LogP contribution in [0.25, 0.3) is 10.2 Å². The minimum absolute atomic E-state index is 0.494. The van der Waals surface area contributed by atoms with Crippen molar-refractivity contribution in [2.24, 2.45) is 0 Å². The molecule has 0 radical (unpaired) electrons. The van der Waals surface area contributed by atoms with Gasteiger partial charge in [-0.2, -0.15) is 13.2 Å². The summed E-state index contributed by atoms with van der Waals surface area (Å²) in [5.41, 5.74) is 0.668. The van der Waals surface area contributed by atoms with Gasteiger partial charge in [0, 0.05) is 5.69 Å². The van der Waals surface area contributed by atoms with Gasteiger partial charge in [-0.25, -0.2) is 4.98 Å². The number of aromatic nitrogens is 1. The molecule has 0 aliphatic carbocycles. The molecule has 0 aliphatic rings. The van der Waals surface area contributed by atoms with Crippen LogP contribution in [0.5, 0.6) is 5.75 Å². The van der Waals surface area contributed by atoms with E-state index in [1.165, 1.54) is 17.4 Å². The lowest BCUT2D eigenvalue weighted by molar-refractivity contribution is -0.137. The van der Waals surface area contributed by atoms with Crippen molar-refractivity contribution >= 4 is 32.4 Å². The van der Waals surface area contributed by atoms with Crippen LogP contribution in [0, 0.1) is 0 Å². The minimum atomic E-state index is -4.35. The molecule has 0 fully saturated rings. The number of anilines is 2. The average Bonchev–Trinajstić information content (AvgIpc) is 2.90. The molecule has 3 rings (SSSR count). The van der Waals surface area contributed by atoms with Gasteiger partial charge in [0.1, 0.15) is 5.75 Å². The van der Waals surface area contributed by atoms with Crippen LogP contribution in [0.4, 0.5) is 24.0 Å². The second-order valence-electron chi connectivity index (χ2n) is 4.78. The quantitative estimate of drug-likeness (QED) is 0.686. The number of hydrogen-bond acceptors (Lipinski definition) is 4. The van der Waals surface area contributed by atoms with Crippen molar-refractivity contribution in [3.8, 4) is 5.75 Å². The number of fused-ring (bicyclic) bond motifs is 1. The molecule has 0 saturated carbocycles. The Bertz CT molecular complexity index is 812. The highest BCUT2D eigenvalue weighted by Crippen LogP contribution is 2.35. The van der Waals surface area contributed by atoms with Crippen LogP contribution in [0.15, 0.2) is 42.5 Å². The maximum absolute atomic E-state index is 12.7. The van der Waals surface area contributed by atoms with E-state index in [2.05, 4.69) is 10.3 Å². The highest BCUT2D eigenvalue weighted by molar-refractivity contribution is 7.22. The number of nitrogens with one attached hydrogen (secondary N) is 1. The SMILES string of the molecule is CCOc1ccc(Nc2nc3ccc(C(F)(F)F)cc3s2)cc1. The van der Waals surface area contributed by atoms with Crippen molar-refractivity contribution in [1.82, 2.24) is 4.98 Å². The smallest absolute Gasteiger partial charge is 0.416 e. The number of hydrogen-bond donors (Lipinski definition) is 1. The van der Waals surface area contributed by atoms with Crippen LogP contribution in [-0.2, 0) is 6.18 Å². The van der Waals surface area contributed by atoms with Crippen molar-refractivity contribution < 1.29 is 17.9 Å². The summed E-state index contributed by atoms with van der Waals surface area (Å²) in [4.78, 5) is 4.30. The third kappa shape index (κ3) is 3.56. The van der Waals surface area contributed by atoms with Gasteiger partial charge in [0.05, 0.1) is 22.4 Å². The topological polar surface area (TPSA) is 34.1 Å². The molecule has 0 spiro atoms. The third-order valence-corrected chi connectivity index (χ3v) is 4.07. The molecular weight excluding hydrogens is 325 g/mol. The average molecular weight is 338 g/mol. The Morgan fingerprint density at radius 1 is 1.13 bits per heavy atom. The first-order chi connectivity index (χ1) is 11.0. The van der Waals surface area contributed by atoms with E-state index in [1.807, 2.05) is 31.2 Å². The van der Waals surface area contributed by atoms with E-state index < -0.39 is 11.7 Å². The summed E-state index contributed by atoms with van der Waals surface area (Å²) in [6.07, 6.45) is -4.35. The van der Waals surface area contributed by atoms with Crippen molar-refractivity contribution in [2.45, 2.75) is 13.1 Å². The molecule has 120 valence electrons. The van der Waals surface area contributed by atoms with E-state index in [9.17, 15) is 13.2 Å². The van der Waals surface area contributed by atoms with Crippen LogP contribution in [0.1, 0.15) is 12.5 Å². The molecule has 7 heteroatoms. The number of nitrogens with zero attached hydrogens (tertiary/aromatic N) is 1. The second-order valence-corrected chi connectivity index (χ2v) is 5.81. The summed E-state index contributed by atoms with van der Waals surface area (Å²) in [5.74, 6) is 0.761. The zero-order valence-corrected chi connectivity index (χ0v) is 13.0. The van der Waals surface area contributed by atoms with Crippen molar-refractivity contribution in [1.29, 1.82) is 0 Å². The maximum Gasteiger partial charge on any atom is 0.416 e. The lowest BCUT2D eigenvalue weighted by Gasteiger charge is -2.05. The Kier molecular flexibility index (Phi) is 4.12. The first kappa shape index (κ1) is 15.6. The van der Waals surface area contributed by atoms with E-state index in [0.717, 1.165) is 23.6 Å². The molecule has 0 bridgehead atoms. The van der Waals surface area contributed by atoms with Crippen LogP contribution >= 0.6 is 11.3 Å². The van der Waals surface area contributed by atoms with Gasteiger partial charge in [-0.05, 0) is 49.4 Å². The molecule has 0 saturated heterocycles. The van der Waals surface area contributed by atoms with E-state index in [-0.39, 0.29) is 0 Å². The first-order valence-corrected chi connectivity index (χ1v) is 7.75. The summed E-state index contributed by atoms with van der Waals surface area (Å²) in [5, 5.41) is 3.64. The monoisotopic (exact) mass is 338 g/mol. The molecule has 0 unspecified atom stereocenters. The predicted molar refractivity (Wildman–Crippen MR) is 85.5 cm³/mol. The highest BCUT2D eigenvalue weighted by Gasteiger charge is 2.30. The molecule has 1 N–H and O–H groups in total. The summed E-state index contributed by atoms with van der Waals surface area (Å²) in [6.45, 7) is 2.49. The minimum Gasteiger partial charge on any atom is -0.494 e. The van der Waals surface area contributed by atoms with Gasteiger partial charge in [0.15, 0.2) is 5.13 Å². The van der Waals surface area contributed by atoms with Gasteiger partial charge in [0.2, 0.25) is 0 Å². The Labute approximate surface area is 134 Å². The Balaban J connectivity index is 1.83. The predicted octanol–water partition coefficient (Wildman–Crippen LogP) is 5.46. The lowest BCUT2D eigenvalue weighted by Crippen LogP contribution is -2.03. The van der Waals surface area contributed by atoms with Crippen LogP contribution in [-0.4, -0.2) is 11.6 Å². The molecular formula is C16H13F3N2OS. The molecule has 2 aromatic carbocycles. The van der Waals surface area contributed by atoms with E-state index in [0.29, 0.717) is 22.0 Å². The van der Waals surface area contributed by atoms with Crippen LogP contribution in [0.2, 0.25) is 0 Å². The standard InChI is InChI=1S/C16H13F3N2OS/c1-2-22-12-6-4-11(5-7-12)20-15-21-13-8-3-10(16(17,18)19)9-14(13)23-15/h3-9H,2H2,1H3,(H,20,21). The van der Waals surface area contributed by atoms with E-state index >= 15 is 0 Å². The summed E-state index contributed by atoms with van der Waals surface area (Å²) < 4.78 is 44.0. The fraction of sp³-hybridized carbons (Fsp3) is 0.188. The van der Waals surface area contributed by atoms with E-state index in [4.69, 9.17) is 4.74 Å². The summed E-state index contributed by atoms with van der Waals surface area (Å²) in [6, 6.07) is 10.9. The zero-order chi connectivity index (χ0) is 16.4. The normalized spacial score (nSPS) is 11.7. The molecule has 0 aliphatic heterocycles. The van der Waals surface area contributed by atoms with Gasteiger partial charge in [0.25, 0.3) is 0 Å². The van der Waals surface area contributed by atoms with E-state index in [1.54, 1.807) is 0 Å². The Morgan fingerprint density at radius 3 is 2.52 bits per heavy atom. The van der Waals surface area contributed by atoms with Crippen molar-refractivity contribution in [3.05, 3.63) is 48.0 Å². The number of alkyl halides is 3. The van der Waals surface area contributed by atoms with Crippen LogP contribution < -0.4 is 10.1 Å². The fourth-order valence-electron chi connectivity index (χ4n) is 2.08. The largest absolute Gasteiger partial charge is 0.494 e. The molecule has 1 heterocycles. The summed E-state index contributed by atoms with van der Waals surface area (Å²) in [7, 11) is 0.